The molecule has 10 heteroatoms. The van der Waals surface area contributed by atoms with Crippen LogP contribution in [0.3, 0.4) is 0 Å². The Morgan fingerprint density at radius 2 is 1.57 bits per heavy atom. The molecule has 2 aliphatic rings. The van der Waals surface area contributed by atoms with Crippen molar-refractivity contribution in [2.75, 3.05) is 32.8 Å². The van der Waals surface area contributed by atoms with Crippen molar-refractivity contribution in [1.82, 2.24) is 4.90 Å². The summed E-state index contributed by atoms with van der Waals surface area (Å²) in [7, 11) is 0. The summed E-state index contributed by atoms with van der Waals surface area (Å²) in [5.74, 6) is -4.75. The van der Waals surface area contributed by atoms with Gasteiger partial charge < -0.3 is 19.8 Å². The normalized spacial score (nSPS) is 24.6. The van der Waals surface area contributed by atoms with Gasteiger partial charge in [0.25, 0.3) is 5.69 Å². The molecular formula is C36H41N3O7. The largest absolute Gasteiger partial charge is 0.481 e. The van der Waals surface area contributed by atoms with E-state index in [1.165, 1.54) is 29.3 Å². The van der Waals surface area contributed by atoms with Crippen LogP contribution in [0.25, 0.3) is 0 Å². The van der Waals surface area contributed by atoms with Gasteiger partial charge in [-0.2, -0.15) is 0 Å². The van der Waals surface area contributed by atoms with Crippen LogP contribution < -0.4 is 0 Å². The summed E-state index contributed by atoms with van der Waals surface area (Å²) in [5, 5.41) is 32.5. The van der Waals surface area contributed by atoms with Gasteiger partial charge >= 0.3 is 11.9 Å². The SMILES string of the molecule is CC1=NC(C)C(CCOCCN2CCC(c3ccccc3)(c3ccccc3)CC2)(C(=O)O)C(c2cccc([N+](=O)[O-])c2)C1C(=O)O. The number of rotatable bonds is 12. The van der Waals surface area contributed by atoms with E-state index in [1.54, 1.807) is 19.9 Å². The van der Waals surface area contributed by atoms with Crippen LogP contribution in [0.4, 0.5) is 5.69 Å². The fourth-order valence-corrected chi connectivity index (χ4v) is 7.68. The lowest BCUT2D eigenvalue weighted by molar-refractivity contribution is -0.385. The van der Waals surface area contributed by atoms with Crippen molar-refractivity contribution in [2.24, 2.45) is 16.3 Å². The summed E-state index contributed by atoms with van der Waals surface area (Å²) in [4.78, 5) is 43.5. The highest BCUT2D eigenvalue weighted by atomic mass is 16.6. The van der Waals surface area contributed by atoms with Crippen LogP contribution in [0, 0.1) is 21.4 Å². The lowest BCUT2D eigenvalue weighted by Crippen LogP contribution is -2.54. The second kappa shape index (κ2) is 13.9. The molecule has 3 aromatic rings. The first-order valence-corrected chi connectivity index (χ1v) is 15.8. The van der Waals surface area contributed by atoms with E-state index in [2.05, 4.69) is 58.4 Å². The van der Waals surface area contributed by atoms with Crippen LogP contribution in [0.15, 0.2) is 89.9 Å². The molecule has 0 spiro atoms. The Hall–Kier alpha value is -4.41. The van der Waals surface area contributed by atoms with Gasteiger partial charge in [0.05, 0.1) is 23.0 Å². The third kappa shape index (κ3) is 6.32. The topological polar surface area (TPSA) is 143 Å². The summed E-state index contributed by atoms with van der Waals surface area (Å²) in [6, 6.07) is 26.1. The van der Waals surface area contributed by atoms with Crippen LogP contribution in [0.2, 0.25) is 0 Å². The summed E-state index contributed by atoms with van der Waals surface area (Å²) in [6.07, 6.45) is 1.92. The Bertz CT molecular complexity index is 1530. The molecule has 2 N–H and O–H groups in total. The van der Waals surface area contributed by atoms with Crippen LogP contribution in [-0.4, -0.2) is 76.6 Å². The lowest BCUT2D eigenvalue weighted by Gasteiger charge is -2.46. The maximum atomic E-state index is 13.1. The number of hydrogen-bond donors (Lipinski definition) is 2. The molecule has 0 amide bonds. The number of benzene rings is 3. The van der Waals surface area contributed by atoms with E-state index in [0.717, 1.165) is 25.9 Å². The molecule has 4 atom stereocenters. The van der Waals surface area contributed by atoms with Crippen molar-refractivity contribution in [3.63, 3.8) is 0 Å². The molecule has 2 aliphatic heterocycles. The standard InChI is InChI=1S/C36H41N3O7/c1-25-31(33(40)41)32(27-10-9-15-30(24-27)39(44)45)36(34(42)43,26(2)37-25)18-22-46-23-21-38-19-16-35(17-20-38,28-11-5-3-6-12-28)29-13-7-4-8-14-29/h3-15,24,26,31-32H,16-23H2,1-2H3,(H,40,41)(H,42,43). The van der Waals surface area contributed by atoms with E-state index in [4.69, 9.17) is 4.74 Å². The van der Waals surface area contributed by atoms with Crippen molar-refractivity contribution < 1.29 is 29.5 Å². The highest BCUT2D eigenvalue weighted by Crippen LogP contribution is 2.52. The van der Waals surface area contributed by atoms with E-state index in [9.17, 15) is 29.9 Å². The number of carboxylic acids is 2. The number of aliphatic imine (C=N–C) groups is 1. The molecule has 0 bridgehead atoms. The minimum atomic E-state index is -1.64. The number of nitro benzene ring substituents is 1. The first-order valence-electron chi connectivity index (χ1n) is 15.8. The lowest BCUT2D eigenvalue weighted by atomic mass is 9.58. The molecule has 4 unspecified atom stereocenters. The second-order valence-electron chi connectivity index (χ2n) is 12.5. The molecule has 46 heavy (non-hydrogen) atoms. The number of carboxylic acid groups (broad SMARTS) is 2. The first kappa shape index (κ1) is 33.0. The average Bonchev–Trinajstić information content (AvgIpc) is 3.06. The number of hydrogen-bond acceptors (Lipinski definition) is 7. The van der Waals surface area contributed by atoms with Gasteiger partial charge in [0.15, 0.2) is 0 Å². The average molecular weight is 628 g/mol. The predicted molar refractivity (Wildman–Crippen MR) is 174 cm³/mol. The maximum absolute atomic E-state index is 13.1. The van der Waals surface area contributed by atoms with E-state index in [1.807, 2.05) is 12.1 Å². The van der Waals surface area contributed by atoms with Gasteiger partial charge in [-0.05, 0) is 62.9 Å². The molecule has 3 aromatic carbocycles. The van der Waals surface area contributed by atoms with E-state index >= 15 is 0 Å². The van der Waals surface area contributed by atoms with Gasteiger partial charge in [-0.1, -0.05) is 72.8 Å². The Morgan fingerprint density at radius 3 is 2.11 bits per heavy atom. The highest BCUT2D eigenvalue weighted by Gasteiger charge is 2.58. The number of likely N-dealkylation sites (tertiary alicyclic amines) is 1. The molecule has 0 aromatic heterocycles. The molecule has 0 saturated carbocycles. The van der Waals surface area contributed by atoms with Gasteiger partial charge in [-0.3, -0.25) is 24.7 Å². The van der Waals surface area contributed by atoms with Crippen molar-refractivity contribution in [3.8, 4) is 0 Å². The fraction of sp³-hybridized carbons (Fsp3) is 0.417. The Kier molecular flexibility index (Phi) is 9.98. The number of carbonyl (C=O) groups is 2. The van der Waals surface area contributed by atoms with Crippen molar-refractivity contribution in [1.29, 1.82) is 0 Å². The fourth-order valence-electron chi connectivity index (χ4n) is 7.68. The van der Waals surface area contributed by atoms with Gasteiger partial charge in [-0.25, -0.2) is 0 Å². The number of nitrogens with zero attached hydrogens (tertiary/aromatic N) is 3. The minimum Gasteiger partial charge on any atom is -0.481 e. The molecular weight excluding hydrogens is 586 g/mol. The molecule has 0 aliphatic carbocycles. The highest BCUT2D eigenvalue weighted by molar-refractivity contribution is 6.03. The summed E-state index contributed by atoms with van der Waals surface area (Å²) in [6.45, 7) is 6.15. The summed E-state index contributed by atoms with van der Waals surface area (Å²) < 4.78 is 6.04. The monoisotopic (exact) mass is 627 g/mol. The summed E-state index contributed by atoms with van der Waals surface area (Å²) >= 11 is 0. The Morgan fingerprint density at radius 1 is 0.957 bits per heavy atom. The van der Waals surface area contributed by atoms with Gasteiger partial charge in [0.1, 0.15) is 5.92 Å². The van der Waals surface area contributed by atoms with Crippen molar-refractivity contribution in [2.45, 2.75) is 50.5 Å². The first-order chi connectivity index (χ1) is 22.1. The third-order valence-corrected chi connectivity index (χ3v) is 10.2. The molecule has 242 valence electrons. The molecule has 5 rings (SSSR count). The van der Waals surface area contributed by atoms with Crippen LogP contribution in [-0.2, 0) is 19.7 Å². The van der Waals surface area contributed by atoms with Crippen LogP contribution in [0.1, 0.15) is 55.7 Å². The summed E-state index contributed by atoms with van der Waals surface area (Å²) in [5.41, 5.74) is 1.27. The number of ether oxygens (including phenoxy) is 1. The number of piperidine rings is 1. The minimum absolute atomic E-state index is 0.00252. The third-order valence-electron chi connectivity index (χ3n) is 10.2. The second-order valence-corrected chi connectivity index (χ2v) is 12.5. The number of non-ortho nitro benzene ring substituents is 1. The zero-order valence-electron chi connectivity index (χ0n) is 26.2. The van der Waals surface area contributed by atoms with Crippen LogP contribution >= 0.6 is 0 Å². The molecule has 1 fully saturated rings. The van der Waals surface area contributed by atoms with Gasteiger partial charge in [0, 0.05) is 42.3 Å². The predicted octanol–water partition coefficient (Wildman–Crippen LogP) is 5.80. The maximum Gasteiger partial charge on any atom is 0.312 e. The number of nitro groups is 1. The smallest absolute Gasteiger partial charge is 0.312 e. The van der Waals surface area contributed by atoms with E-state index < -0.39 is 40.2 Å². The van der Waals surface area contributed by atoms with Crippen molar-refractivity contribution in [3.05, 3.63) is 112 Å². The molecule has 0 radical (unpaired) electrons. The molecule has 10 nitrogen and oxygen atoms in total. The zero-order valence-corrected chi connectivity index (χ0v) is 26.2. The molecule has 1 saturated heterocycles. The quantitative estimate of drug-likeness (QED) is 0.146. The van der Waals surface area contributed by atoms with Gasteiger partial charge in [0.2, 0.25) is 0 Å². The van der Waals surface area contributed by atoms with Crippen molar-refractivity contribution >= 4 is 23.3 Å². The van der Waals surface area contributed by atoms with E-state index in [0.29, 0.717) is 24.4 Å². The Balaban J connectivity index is 1.28. The van der Waals surface area contributed by atoms with Gasteiger partial charge in [-0.15, -0.1) is 0 Å². The zero-order chi connectivity index (χ0) is 32.9. The molecule has 2 heterocycles. The Labute approximate surface area is 268 Å². The number of aliphatic carboxylic acids is 2. The van der Waals surface area contributed by atoms with Crippen LogP contribution in [0.5, 0.6) is 0 Å². The van der Waals surface area contributed by atoms with E-state index in [-0.39, 0.29) is 24.1 Å².